The molecule has 10 nitrogen and oxygen atoms in total. The average Bonchev–Trinajstić information content (AvgIpc) is 3.54. The molecule has 0 spiro atoms. The third-order valence-corrected chi connectivity index (χ3v) is 10.1. The fourth-order valence-corrected chi connectivity index (χ4v) is 8.62. The molecule has 0 radical (unpaired) electrons. The highest BCUT2D eigenvalue weighted by Gasteiger charge is 2.56. The molecule has 11 heteroatoms. The van der Waals surface area contributed by atoms with Crippen LogP contribution in [-0.2, 0) is 22.6 Å². The van der Waals surface area contributed by atoms with E-state index in [1.165, 1.54) is 37.3 Å². The highest BCUT2D eigenvalue weighted by Crippen LogP contribution is 2.38. The molecule has 6 aliphatic heterocycles. The minimum Gasteiger partial charge on any atom is -0.433 e. The van der Waals surface area contributed by atoms with Crippen LogP contribution in [0, 0.1) is 0 Å². The fourth-order valence-electron chi connectivity index (χ4n) is 8.62. The van der Waals surface area contributed by atoms with Gasteiger partial charge in [-0.3, -0.25) is 8.97 Å². The molecule has 1 aromatic carbocycles. The number of rotatable bonds is 6. The minimum absolute atomic E-state index is 0.481. The van der Waals surface area contributed by atoms with E-state index in [9.17, 15) is 5.02 Å². The Morgan fingerprint density at radius 3 is 1.47 bits per heavy atom. The Balaban J connectivity index is 1.17. The van der Waals surface area contributed by atoms with Gasteiger partial charge in [0, 0.05) is 43.0 Å². The van der Waals surface area contributed by atoms with Crippen LogP contribution in [0.4, 0.5) is 5.69 Å². The van der Waals surface area contributed by atoms with Crippen LogP contribution >= 0.6 is 0 Å². The number of hydrogen-bond acceptors (Lipinski definition) is 8. The van der Waals surface area contributed by atoms with E-state index in [0.717, 1.165) is 107 Å². The second-order valence-electron chi connectivity index (χ2n) is 12.6. The van der Waals surface area contributed by atoms with Gasteiger partial charge < -0.3 is 19.7 Å². The number of quaternary nitrogens is 2. The molecule has 6 saturated heterocycles. The van der Waals surface area contributed by atoms with Gasteiger partial charge >= 0.3 is 7.05 Å². The second-order valence-corrected chi connectivity index (χ2v) is 12.6. The highest BCUT2D eigenvalue weighted by molar-refractivity contribution is 6.52. The molecule has 0 aliphatic carbocycles. The molecule has 208 valence electrons. The lowest BCUT2D eigenvalue weighted by atomic mass is 9.88. The maximum absolute atomic E-state index is 10.2. The Kier molecular flexibility index (Phi) is 6.95. The van der Waals surface area contributed by atoms with Crippen molar-refractivity contribution >= 4 is 12.7 Å². The third kappa shape index (κ3) is 4.59. The normalized spacial score (nSPS) is 36.4. The molecule has 1 aromatic rings. The summed E-state index contributed by atoms with van der Waals surface area (Å²) in [5, 5.41) is 13.6. The smallest absolute Gasteiger partial charge is 0.406 e. The number of nitrogens with zero attached hydrogens (tertiary/aromatic N) is 6. The zero-order valence-corrected chi connectivity index (χ0v) is 23.1. The Morgan fingerprint density at radius 2 is 1.11 bits per heavy atom. The lowest BCUT2D eigenvalue weighted by Crippen LogP contribution is -2.57. The average molecular weight is 528 g/mol. The van der Waals surface area contributed by atoms with Crippen molar-refractivity contribution in [3.05, 3.63) is 29.3 Å². The van der Waals surface area contributed by atoms with Crippen molar-refractivity contribution < 1.29 is 23.5 Å². The van der Waals surface area contributed by atoms with Gasteiger partial charge in [-0.15, -0.1) is 0 Å². The molecular weight excluding hydrogens is 481 g/mol. The summed E-state index contributed by atoms with van der Waals surface area (Å²) in [7, 11) is -0.567. The standard InChI is InChI=1S/C27H46BN7O3/c1-28(36)29-25-19-23(21-34-10-2-30-6-14-37-15-7-31(3-11-34)26(30)34)18-24(20-25)22-35-12-4-32-8-16-38-17-9-33(5-13-35)27(32)35/h18-20,26-27,29,36H,2-17,21-22H2,1H3/q+2. The molecule has 0 atom stereocenters. The maximum atomic E-state index is 10.2. The van der Waals surface area contributed by atoms with Gasteiger partial charge in [0.05, 0.1) is 78.8 Å². The van der Waals surface area contributed by atoms with E-state index < -0.39 is 7.05 Å². The molecule has 0 bridgehead atoms. The molecule has 0 amide bonds. The van der Waals surface area contributed by atoms with Gasteiger partial charge in [-0.2, -0.15) is 0 Å². The van der Waals surface area contributed by atoms with Crippen LogP contribution in [0.3, 0.4) is 0 Å². The Morgan fingerprint density at radius 1 is 0.711 bits per heavy atom. The SMILES string of the molecule is CB(O)Nc1cc(C[N+]23CCN4CCOCCN(CC2)C43)cc(C[N+]23CCN4CCOCCN(CC2)C43)c1. The molecule has 6 aliphatic rings. The van der Waals surface area contributed by atoms with Crippen molar-refractivity contribution in [1.82, 2.24) is 19.6 Å². The Hall–Kier alpha value is -1.28. The summed E-state index contributed by atoms with van der Waals surface area (Å²) in [5.74, 6) is 0. The number of benzene rings is 1. The van der Waals surface area contributed by atoms with Crippen LogP contribution in [-0.4, -0.2) is 158 Å². The number of nitrogens with one attached hydrogen (secondary N) is 1. The first-order valence-corrected chi connectivity index (χ1v) is 14.9. The first-order chi connectivity index (χ1) is 18.5. The van der Waals surface area contributed by atoms with Crippen molar-refractivity contribution in [2.75, 3.05) is 110 Å². The van der Waals surface area contributed by atoms with Gasteiger partial charge in [0.2, 0.25) is 12.6 Å². The van der Waals surface area contributed by atoms with Crippen LogP contribution in [0.2, 0.25) is 6.82 Å². The van der Waals surface area contributed by atoms with Gasteiger partial charge in [-0.05, 0) is 25.0 Å². The predicted octanol–water partition coefficient (Wildman–Crippen LogP) is -0.268. The molecule has 2 N–H and O–H groups in total. The zero-order chi connectivity index (χ0) is 25.7. The quantitative estimate of drug-likeness (QED) is 0.388. The van der Waals surface area contributed by atoms with Crippen LogP contribution in [0.25, 0.3) is 0 Å². The zero-order valence-electron chi connectivity index (χ0n) is 23.1. The molecule has 6 fully saturated rings. The van der Waals surface area contributed by atoms with Gasteiger partial charge in [-0.1, -0.05) is 0 Å². The molecular formula is C27H46BN7O3+2. The topological polar surface area (TPSA) is 63.7 Å². The fraction of sp³-hybridized carbons (Fsp3) is 0.778. The summed E-state index contributed by atoms with van der Waals surface area (Å²) in [5.41, 5.74) is 3.87. The molecule has 38 heavy (non-hydrogen) atoms. The monoisotopic (exact) mass is 527 g/mol. The maximum Gasteiger partial charge on any atom is 0.406 e. The summed E-state index contributed by atoms with van der Waals surface area (Å²) in [6, 6.07) is 7.11. The summed E-state index contributed by atoms with van der Waals surface area (Å²) >= 11 is 0. The largest absolute Gasteiger partial charge is 0.433 e. The van der Waals surface area contributed by atoms with Crippen molar-refractivity contribution in [1.29, 1.82) is 0 Å². The lowest BCUT2D eigenvalue weighted by molar-refractivity contribution is -0.951. The van der Waals surface area contributed by atoms with E-state index in [0.29, 0.717) is 12.6 Å². The van der Waals surface area contributed by atoms with Gasteiger partial charge in [0.15, 0.2) is 0 Å². The van der Waals surface area contributed by atoms with Crippen LogP contribution in [0.15, 0.2) is 18.2 Å². The van der Waals surface area contributed by atoms with E-state index in [1.54, 1.807) is 0 Å². The van der Waals surface area contributed by atoms with Crippen LogP contribution < -0.4 is 5.23 Å². The first-order valence-electron chi connectivity index (χ1n) is 14.9. The van der Waals surface area contributed by atoms with Crippen molar-refractivity contribution in [3.63, 3.8) is 0 Å². The van der Waals surface area contributed by atoms with E-state index in [1.807, 2.05) is 6.82 Å². The van der Waals surface area contributed by atoms with Crippen LogP contribution in [0.5, 0.6) is 0 Å². The molecule has 7 rings (SSSR count). The molecule has 0 saturated carbocycles. The van der Waals surface area contributed by atoms with Gasteiger partial charge in [0.1, 0.15) is 13.1 Å². The van der Waals surface area contributed by atoms with E-state index in [-0.39, 0.29) is 0 Å². The molecule has 6 heterocycles. The predicted molar refractivity (Wildman–Crippen MR) is 147 cm³/mol. The number of ether oxygens (including phenoxy) is 2. The van der Waals surface area contributed by atoms with Gasteiger partial charge in [-0.25, -0.2) is 19.6 Å². The van der Waals surface area contributed by atoms with Crippen molar-refractivity contribution in [2.45, 2.75) is 32.5 Å². The summed E-state index contributed by atoms with van der Waals surface area (Å²) < 4.78 is 14.0. The van der Waals surface area contributed by atoms with E-state index >= 15 is 0 Å². The Bertz CT molecular complexity index is 909. The summed E-state index contributed by atoms with van der Waals surface area (Å²) in [6.45, 7) is 20.9. The van der Waals surface area contributed by atoms with Crippen molar-refractivity contribution in [2.24, 2.45) is 0 Å². The lowest BCUT2D eigenvalue weighted by Gasteiger charge is -2.40. The first kappa shape index (κ1) is 25.7. The molecule has 0 unspecified atom stereocenters. The number of anilines is 1. The summed E-state index contributed by atoms with van der Waals surface area (Å²) in [4.78, 5) is 10.7. The van der Waals surface area contributed by atoms with Crippen molar-refractivity contribution in [3.8, 4) is 0 Å². The summed E-state index contributed by atoms with van der Waals surface area (Å²) in [6.07, 6.45) is 0.961. The van der Waals surface area contributed by atoms with E-state index in [2.05, 4.69) is 43.0 Å². The molecule has 0 aromatic heterocycles. The number of hydrogen-bond donors (Lipinski definition) is 2. The minimum atomic E-state index is -0.567. The van der Waals surface area contributed by atoms with Crippen LogP contribution in [0.1, 0.15) is 11.1 Å². The van der Waals surface area contributed by atoms with E-state index in [4.69, 9.17) is 9.47 Å². The third-order valence-electron chi connectivity index (χ3n) is 10.1. The second kappa shape index (κ2) is 10.3. The highest BCUT2D eigenvalue weighted by atomic mass is 16.5. The Labute approximate surface area is 227 Å². The van der Waals surface area contributed by atoms with Gasteiger partial charge in [0.25, 0.3) is 0 Å².